The number of nitrogens with zero attached hydrogens (tertiary/aromatic N) is 2. The van der Waals surface area contributed by atoms with E-state index in [0.717, 1.165) is 10.2 Å². The maximum atomic E-state index is 13.5. The van der Waals surface area contributed by atoms with Crippen LogP contribution in [0.5, 0.6) is 0 Å². The molecule has 108 valence electrons. The first kappa shape index (κ1) is 13.9. The smallest absolute Gasteiger partial charge is 0.158 e. The van der Waals surface area contributed by atoms with Gasteiger partial charge >= 0.3 is 0 Å². The van der Waals surface area contributed by atoms with Crippen LogP contribution >= 0.6 is 11.3 Å². The molecule has 3 N–H and O–H groups in total. The van der Waals surface area contributed by atoms with Crippen LogP contribution in [0.15, 0.2) is 35.7 Å². The fraction of sp³-hybridized carbons (Fsp3) is 0.143. The number of hydrogen-bond acceptors (Lipinski definition) is 6. The summed E-state index contributed by atoms with van der Waals surface area (Å²) in [6, 6.07) is 8.41. The Morgan fingerprint density at radius 1 is 1.19 bits per heavy atom. The summed E-state index contributed by atoms with van der Waals surface area (Å²) >= 11 is 1.50. The van der Waals surface area contributed by atoms with Crippen LogP contribution in [-0.4, -0.2) is 9.97 Å². The van der Waals surface area contributed by atoms with E-state index in [-0.39, 0.29) is 19.0 Å². The van der Waals surface area contributed by atoms with Gasteiger partial charge in [-0.1, -0.05) is 18.2 Å². The molecule has 2 aromatic heterocycles. The van der Waals surface area contributed by atoms with E-state index in [0.29, 0.717) is 17.2 Å². The van der Waals surface area contributed by atoms with Gasteiger partial charge in [0.1, 0.15) is 17.3 Å². The van der Waals surface area contributed by atoms with Gasteiger partial charge in [0.25, 0.3) is 0 Å². The fourth-order valence-corrected chi connectivity index (χ4v) is 2.72. The van der Waals surface area contributed by atoms with Crippen LogP contribution < -0.4 is 11.3 Å². The summed E-state index contributed by atoms with van der Waals surface area (Å²) < 4.78 is 18.9. The molecule has 0 radical (unpaired) electrons. The molecule has 0 aliphatic heterocycles. The van der Waals surface area contributed by atoms with Crippen molar-refractivity contribution in [3.63, 3.8) is 0 Å². The van der Waals surface area contributed by atoms with E-state index in [1.165, 1.54) is 17.4 Å². The Balaban J connectivity index is 1.72. The Hall–Kier alpha value is -2.09. The van der Waals surface area contributed by atoms with Crippen molar-refractivity contribution in [3.05, 3.63) is 52.9 Å². The normalized spacial score (nSPS) is 11.0. The standard InChI is InChI=1S/C14H13FN4OS/c15-11-4-2-1-3-9(11)7-20-8-12-17-13(19-16)10-5-6-21-14(10)18-12/h1-6H,7-8,16H2,(H,17,18,19). The molecule has 0 saturated carbocycles. The summed E-state index contributed by atoms with van der Waals surface area (Å²) in [7, 11) is 0. The average molecular weight is 304 g/mol. The van der Waals surface area contributed by atoms with Gasteiger partial charge in [0.2, 0.25) is 0 Å². The summed E-state index contributed by atoms with van der Waals surface area (Å²) in [5.41, 5.74) is 3.06. The lowest BCUT2D eigenvalue weighted by Gasteiger charge is -2.07. The maximum Gasteiger partial charge on any atom is 0.158 e. The molecule has 0 unspecified atom stereocenters. The Labute approximate surface area is 124 Å². The number of hydrogen-bond donors (Lipinski definition) is 2. The Bertz CT molecular complexity index is 762. The van der Waals surface area contributed by atoms with Crippen LogP contribution in [0, 0.1) is 5.82 Å². The first-order valence-corrected chi connectivity index (χ1v) is 7.18. The van der Waals surface area contributed by atoms with Crippen molar-refractivity contribution >= 4 is 27.4 Å². The highest BCUT2D eigenvalue weighted by molar-refractivity contribution is 7.16. The van der Waals surface area contributed by atoms with Crippen LogP contribution in [0.2, 0.25) is 0 Å². The lowest BCUT2D eigenvalue weighted by molar-refractivity contribution is 0.0997. The third-order valence-corrected chi connectivity index (χ3v) is 3.76. The second-order valence-electron chi connectivity index (χ2n) is 4.36. The highest BCUT2D eigenvalue weighted by Gasteiger charge is 2.08. The maximum absolute atomic E-state index is 13.5. The zero-order valence-electron chi connectivity index (χ0n) is 11.0. The van der Waals surface area contributed by atoms with Gasteiger partial charge in [-0.05, 0) is 17.5 Å². The van der Waals surface area contributed by atoms with Crippen LogP contribution in [0.3, 0.4) is 0 Å². The molecule has 2 heterocycles. The van der Waals surface area contributed by atoms with Crippen LogP contribution in [-0.2, 0) is 18.0 Å². The molecule has 7 heteroatoms. The van der Waals surface area contributed by atoms with Crippen molar-refractivity contribution in [2.24, 2.45) is 5.84 Å². The number of ether oxygens (including phenoxy) is 1. The number of aromatic nitrogens is 2. The summed E-state index contributed by atoms with van der Waals surface area (Å²) in [5.74, 6) is 6.25. The molecule has 3 aromatic rings. The fourth-order valence-electron chi connectivity index (χ4n) is 1.94. The predicted molar refractivity (Wildman–Crippen MR) is 80.1 cm³/mol. The first-order valence-electron chi connectivity index (χ1n) is 6.30. The second kappa shape index (κ2) is 6.13. The van der Waals surface area contributed by atoms with E-state index in [9.17, 15) is 4.39 Å². The molecular weight excluding hydrogens is 291 g/mol. The van der Waals surface area contributed by atoms with E-state index in [1.807, 2.05) is 11.4 Å². The minimum atomic E-state index is -0.281. The zero-order chi connectivity index (χ0) is 14.7. The first-order chi connectivity index (χ1) is 10.3. The quantitative estimate of drug-likeness (QED) is 0.560. The SMILES string of the molecule is NNc1nc(COCc2ccccc2F)nc2sccc12. The molecule has 0 aliphatic rings. The third-order valence-electron chi connectivity index (χ3n) is 2.95. The van der Waals surface area contributed by atoms with Gasteiger partial charge in [-0.3, -0.25) is 0 Å². The van der Waals surface area contributed by atoms with Crippen molar-refractivity contribution in [1.82, 2.24) is 9.97 Å². The number of rotatable bonds is 5. The van der Waals surface area contributed by atoms with Gasteiger partial charge in [0, 0.05) is 5.56 Å². The number of nitrogen functional groups attached to an aromatic ring is 1. The lowest BCUT2D eigenvalue weighted by atomic mass is 10.2. The summed E-state index contributed by atoms with van der Waals surface area (Å²) in [6.45, 7) is 0.362. The van der Waals surface area contributed by atoms with E-state index >= 15 is 0 Å². The van der Waals surface area contributed by atoms with Gasteiger partial charge in [0.15, 0.2) is 11.6 Å². The number of benzene rings is 1. The highest BCUT2D eigenvalue weighted by Crippen LogP contribution is 2.24. The van der Waals surface area contributed by atoms with E-state index < -0.39 is 0 Å². The third kappa shape index (κ3) is 2.99. The molecule has 0 spiro atoms. The highest BCUT2D eigenvalue weighted by atomic mass is 32.1. The number of anilines is 1. The minimum Gasteiger partial charge on any atom is -0.369 e. The van der Waals surface area contributed by atoms with Gasteiger partial charge in [0.05, 0.1) is 12.0 Å². The average Bonchev–Trinajstić information content (AvgIpc) is 2.97. The Kier molecular flexibility index (Phi) is 4.05. The molecule has 0 fully saturated rings. The molecule has 1 aromatic carbocycles. The molecule has 0 atom stereocenters. The second-order valence-corrected chi connectivity index (χ2v) is 5.25. The number of fused-ring (bicyclic) bond motifs is 1. The molecule has 0 saturated heterocycles. The number of thiophene rings is 1. The van der Waals surface area contributed by atoms with Crippen LogP contribution in [0.4, 0.5) is 10.2 Å². The van der Waals surface area contributed by atoms with Gasteiger partial charge in [-0.15, -0.1) is 11.3 Å². The molecular formula is C14H13FN4OS. The van der Waals surface area contributed by atoms with Gasteiger partial charge in [-0.2, -0.15) is 0 Å². The molecule has 3 rings (SSSR count). The number of hydrazine groups is 1. The summed E-state index contributed by atoms with van der Waals surface area (Å²) in [5, 5.41) is 2.80. The molecule has 21 heavy (non-hydrogen) atoms. The molecule has 5 nitrogen and oxygen atoms in total. The monoisotopic (exact) mass is 304 g/mol. The number of halogens is 1. The van der Waals surface area contributed by atoms with Gasteiger partial charge in [-0.25, -0.2) is 20.2 Å². The Morgan fingerprint density at radius 2 is 2.05 bits per heavy atom. The van der Waals surface area contributed by atoms with Crippen molar-refractivity contribution < 1.29 is 9.13 Å². The van der Waals surface area contributed by atoms with E-state index in [4.69, 9.17) is 10.6 Å². The van der Waals surface area contributed by atoms with E-state index in [1.54, 1.807) is 18.2 Å². The van der Waals surface area contributed by atoms with Crippen LogP contribution in [0.25, 0.3) is 10.2 Å². The van der Waals surface area contributed by atoms with Gasteiger partial charge < -0.3 is 10.2 Å². The summed E-state index contributed by atoms with van der Waals surface area (Å²) in [6.07, 6.45) is 0. The number of nitrogens with two attached hydrogens (primary N) is 1. The van der Waals surface area contributed by atoms with Crippen molar-refractivity contribution in [2.75, 3.05) is 5.43 Å². The van der Waals surface area contributed by atoms with E-state index in [2.05, 4.69) is 15.4 Å². The Morgan fingerprint density at radius 3 is 2.86 bits per heavy atom. The molecule has 0 bridgehead atoms. The summed E-state index contributed by atoms with van der Waals surface area (Å²) in [4.78, 5) is 9.51. The topological polar surface area (TPSA) is 73.1 Å². The molecule has 0 aliphatic carbocycles. The predicted octanol–water partition coefficient (Wildman–Crippen LogP) is 2.83. The largest absolute Gasteiger partial charge is 0.369 e. The number of nitrogens with one attached hydrogen (secondary N) is 1. The van der Waals surface area contributed by atoms with Crippen molar-refractivity contribution in [1.29, 1.82) is 0 Å². The zero-order valence-corrected chi connectivity index (χ0v) is 11.9. The van der Waals surface area contributed by atoms with Crippen molar-refractivity contribution in [3.8, 4) is 0 Å². The molecule has 0 amide bonds. The minimum absolute atomic E-state index is 0.171. The van der Waals surface area contributed by atoms with Crippen molar-refractivity contribution in [2.45, 2.75) is 13.2 Å². The van der Waals surface area contributed by atoms with Crippen LogP contribution in [0.1, 0.15) is 11.4 Å². The lowest BCUT2D eigenvalue weighted by Crippen LogP contribution is -2.11.